The van der Waals surface area contributed by atoms with Gasteiger partial charge in [-0.25, -0.2) is 0 Å². The molecule has 0 spiro atoms. The predicted octanol–water partition coefficient (Wildman–Crippen LogP) is 3.96. The Labute approximate surface area is 169 Å². The molecule has 2 aromatic rings. The van der Waals surface area contributed by atoms with Gasteiger partial charge in [0.1, 0.15) is 11.5 Å². The average molecular weight is 412 g/mol. The van der Waals surface area contributed by atoms with Gasteiger partial charge in [0, 0.05) is 31.1 Å². The smallest absolute Gasteiger partial charge is 0.223 e. The highest BCUT2D eigenvalue weighted by Crippen LogP contribution is 2.28. The van der Waals surface area contributed by atoms with E-state index in [1.54, 1.807) is 31.3 Å². The van der Waals surface area contributed by atoms with Crippen molar-refractivity contribution < 1.29 is 19.4 Å². The number of aryl methyl sites for hydroxylation is 1. The first-order valence-corrected chi connectivity index (χ1v) is 9.28. The molecule has 0 aliphatic heterocycles. The number of nitrogens with zero attached hydrogens (tertiary/aromatic N) is 1. The second-order valence-corrected chi connectivity index (χ2v) is 6.71. The van der Waals surface area contributed by atoms with Crippen molar-refractivity contribution in [3.05, 3.63) is 57.6 Å². The molecule has 0 saturated carbocycles. The molecule has 0 radical (unpaired) electrons. The summed E-state index contributed by atoms with van der Waals surface area (Å²) in [6.45, 7) is 0.440. The lowest BCUT2D eigenvalue weighted by molar-refractivity contribution is -0.132. The van der Waals surface area contributed by atoms with E-state index < -0.39 is 0 Å². The summed E-state index contributed by atoms with van der Waals surface area (Å²) in [7, 11) is 3.15. The number of carbonyl (C=O) groups excluding carboxylic acids is 1. The number of hydrogen-bond donors (Lipinski definition) is 1. The summed E-state index contributed by atoms with van der Waals surface area (Å²) in [5.74, 6) is 1.21. The summed E-state index contributed by atoms with van der Waals surface area (Å²) < 4.78 is 10.6. The third-order valence-corrected chi connectivity index (χ3v) is 5.08. The first-order chi connectivity index (χ1) is 13.0. The zero-order valence-corrected chi connectivity index (χ0v) is 16.9. The molecule has 0 saturated heterocycles. The van der Waals surface area contributed by atoms with Crippen LogP contribution in [-0.4, -0.2) is 43.3 Å². The van der Waals surface area contributed by atoms with E-state index in [2.05, 4.69) is 0 Å². The van der Waals surface area contributed by atoms with E-state index in [0.717, 1.165) is 11.1 Å². The zero-order chi connectivity index (χ0) is 19.8. The van der Waals surface area contributed by atoms with Crippen LogP contribution >= 0.6 is 23.2 Å². The quantitative estimate of drug-likeness (QED) is 0.677. The van der Waals surface area contributed by atoms with Gasteiger partial charge in [-0.2, -0.15) is 0 Å². The maximum Gasteiger partial charge on any atom is 0.223 e. The van der Waals surface area contributed by atoms with Gasteiger partial charge in [-0.3, -0.25) is 4.79 Å². The van der Waals surface area contributed by atoms with Gasteiger partial charge in [-0.1, -0.05) is 35.3 Å². The first-order valence-electron chi connectivity index (χ1n) is 8.52. The van der Waals surface area contributed by atoms with Crippen LogP contribution in [0.2, 0.25) is 10.0 Å². The normalized spacial score (nSPS) is 10.6. The number of benzene rings is 2. The Hall–Kier alpha value is -1.95. The summed E-state index contributed by atoms with van der Waals surface area (Å²) in [6, 6.07) is 10.8. The fraction of sp³-hybridized carbons (Fsp3) is 0.350. The molecule has 0 aliphatic rings. The van der Waals surface area contributed by atoms with Crippen LogP contribution in [0.1, 0.15) is 17.5 Å². The topological polar surface area (TPSA) is 59.0 Å². The molecule has 1 amide bonds. The van der Waals surface area contributed by atoms with E-state index in [4.69, 9.17) is 32.7 Å². The van der Waals surface area contributed by atoms with Gasteiger partial charge in [-0.05, 0) is 30.2 Å². The maximum absolute atomic E-state index is 12.7. The summed E-state index contributed by atoms with van der Waals surface area (Å²) >= 11 is 12.2. The van der Waals surface area contributed by atoms with Crippen molar-refractivity contribution in [2.75, 3.05) is 27.4 Å². The van der Waals surface area contributed by atoms with Gasteiger partial charge in [0.15, 0.2) is 0 Å². The standard InChI is InChI=1S/C20H23Cl2NO4/c1-26-16-8-6-15(18(12-16)27-2)13-23(10-11-24)19(25)9-7-14-4-3-5-17(21)20(14)22/h3-6,8,12,24H,7,9-11,13H2,1-2H3. The van der Waals surface area contributed by atoms with E-state index >= 15 is 0 Å². The van der Waals surface area contributed by atoms with Crippen LogP contribution in [0.15, 0.2) is 36.4 Å². The molecule has 2 aromatic carbocycles. The lowest BCUT2D eigenvalue weighted by atomic mass is 10.1. The van der Waals surface area contributed by atoms with E-state index in [1.165, 1.54) is 0 Å². The predicted molar refractivity (Wildman–Crippen MR) is 107 cm³/mol. The molecule has 0 aliphatic carbocycles. The largest absolute Gasteiger partial charge is 0.497 e. The van der Waals surface area contributed by atoms with Crippen molar-refractivity contribution >= 4 is 29.1 Å². The molecule has 0 fully saturated rings. The van der Waals surface area contributed by atoms with Crippen LogP contribution in [0.5, 0.6) is 11.5 Å². The maximum atomic E-state index is 12.7. The number of methoxy groups -OCH3 is 2. The Morgan fingerprint density at radius 1 is 1.11 bits per heavy atom. The van der Waals surface area contributed by atoms with Gasteiger partial charge in [-0.15, -0.1) is 0 Å². The van der Waals surface area contributed by atoms with E-state index in [-0.39, 0.29) is 25.5 Å². The zero-order valence-electron chi connectivity index (χ0n) is 15.4. The molecule has 0 bridgehead atoms. The Bertz CT molecular complexity index is 783. The van der Waals surface area contributed by atoms with E-state index in [9.17, 15) is 9.90 Å². The van der Waals surface area contributed by atoms with Gasteiger partial charge in [0.05, 0.1) is 30.9 Å². The number of aliphatic hydroxyl groups excluding tert-OH is 1. The molecule has 0 heterocycles. The summed E-state index contributed by atoms with van der Waals surface area (Å²) in [6.07, 6.45) is 0.735. The van der Waals surface area contributed by atoms with Crippen molar-refractivity contribution in [2.24, 2.45) is 0 Å². The van der Waals surface area contributed by atoms with Crippen LogP contribution < -0.4 is 9.47 Å². The molecule has 7 heteroatoms. The Kier molecular flexibility index (Phi) is 8.23. The number of rotatable bonds is 9. The van der Waals surface area contributed by atoms with Gasteiger partial charge in [0.2, 0.25) is 5.91 Å². The number of amides is 1. The molecule has 5 nitrogen and oxygen atoms in total. The number of carbonyl (C=O) groups is 1. The van der Waals surface area contributed by atoms with Crippen molar-refractivity contribution in [1.82, 2.24) is 4.90 Å². The Morgan fingerprint density at radius 3 is 2.56 bits per heavy atom. The summed E-state index contributed by atoms with van der Waals surface area (Å²) in [5.41, 5.74) is 1.66. The monoisotopic (exact) mass is 411 g/mol. The third-order valence-electron chi connectivity index (χ3n) is 4.22. The lowest BCUT2D eigenvalue weighted by Crippen LogP contribution is -2.33. The summed E-state index contributed by atoms with van der Waals surface area (Å²) in [5, 5.41) is 10.3. The van der Waals surface area contributed by atoms with Gasteiger partial charge >= 0.3 is 0 Å². The highest BCUT2D eigenvalue weighted by Gasteiger charge is 2.17. The molecule has 0 unspecified atom stereocenters. The van der Waals surface area contributed by atoms with Crippen molar-refractivity contribution in [1.29, 1.82) is 0 Å². The van der Waals surface area contributed by atoms with Gasteiger partial charge in [0.25, 0.3) is 0 Å². The number of ether oxygens (including phenoxy) is 2. The van der Waals surface area contributed by atoms with Crippen LogP contribution in [0, 0.1) is 0 Å². The molecule has 0 aromatic heterocycles. The van der Waals surface area contributed by atoms with Crippen molar-refractivity contribution in [2.45, 2.75) is 19.4 Å². The molecule has 146 valence electrons. The SMILES string of the molecule is COc1ccc(CN(CCO)C(=O)CCc2cccc(Cl)c2Cl)c(OC)c1. The third kappa shape index (κ3) is 5.76. The van der Waals surface area contributed by atoms with Crippen LogP contribution in [0.3, 0.4) is 0 Å². The van der Waals surface area contributed by atoms with E-state index in [0.29, 0.717) is 34.5 Å². The molecule has 2 rings (SSSR count). The van der Waals surface area contributed by atoms with Crippen LogP contribution in [0.4, 0.5) is 0 Å². The number of aliphatic hydroxyl groups is 1. The fourth-order valence-electron chi connectivity index (χ4n) is 2.74. The lowest BCUT2D eigenvalue weighted by Gasteiger charge is -2.23. The second-order valence-electron chi connectivity index (χ2n) is 5.93. The Balaban J connectivity index is 2.10. The van der Waals surface area contributed by atoms with Crippen molar-refractivity contribution in [3.63, 3.8) is 0 Å². The minimum absolute atomic E-state index is 0.0852. The minimum atomic E-state index is -0.123. The van der Waals surface area contributed by atoms with Crippen LogP contribution in [0.25, 0.3) is 0 Å². The number of hydrogen-bond acceptors (Lipinski definition) is 4. The Morgan fingerprint density at radius 2 is 1.89 bits per heavy atom. The highest BCUT2D eigenvalue weighted by atomic mass is 35.5. The molecule has 27 heavy (non-hydrogen) atoms. The average Bonchev–Trinajstić information content (AvgIpc) is 2.68. The van der Waals surface area contributed by atoms with Crippen LogP contribution in [-0.2, 0) is 17.8 Å². The molecular weight excluding hydrogens is 389 g/mol. The number of halogens is 2. The molecule has 0 atom stereocenters. The fourth-order valence-corrected chi connectivity index (χ4v) is 3.16. The summed E-state index contributed by atoms with van der Waals surface area (Å²) in [4.78, 5) is 14.3. The molecule has 1 N–H and O–H groups in total. The van der Waals surface area contributed by atoms with E-state index in [1.807, 2.05) is 24.3 Å². The minimum Gasteiger partial charge on any atom is -0.497 e. The molecular formula is C20H23Cl2NO4. The first kappa shape index (κ1) is 21.4. The second kappa shape index (κ2) is 10.4. The highest BCUT2D eigenvalue weighted by molar-refractivity contribution is 6.42. The van der Waals surface area contributed by atoms with Gasteiger partial charge < -0.3 is 19.5 Å². The van der Waals surface area contributed by atoms with Crippen molar-refractivity contribution in [3.8, 4) is 11.5 Å².